The number of sulfone groups is 1. The lowest BCUT2D eigenvalue weighted by atomic mass is 10.2. The number of thioether (sulfide) groups is 1. The lowest BCUT2D eigenvalue weighted by molar-refractivity contribution is -0.129. The SMILES string of the molecule is CCN(C(=O)CSc1nnc(C(C)Oc2ccccc2F)o1)C1CCS(=O)(=O)C1. The highest BCUT2D eigenvalue weighted by atomic mass is 32.2. The molecule has 1 amide bonds. The van der Waals surface area contributed by atoms with Crippen LogP contribution in [-0.4, -0.2) is 59.3 Å². The fourth-order valence-electron chi connectivity index (χ4n) is 3.09. The predicted molar refractivity (Wildman–Crippen MR) is 105 cm³/mol. The minimum atomic E-state index is -3.07. The molecule has 1 aromatic carbocycles. The van der Waals surface area contributed by atoms with Crippen molar-refractivity contribution in [2.24, 2.45) is 0 Å². The van der Waals surface area contributed by atoms with E-state index in [2.05, 4.69) is 10.2 Å². The molecule has 2 heterocycles. The van der Waals surface area contributed by atoms with Gasteiger partial charge in [0.05, 0.1) is 17.3 Å². The number of hydrogen-bond acceptors (Lipinski definition) is 8. The van der Waals surface area contributed by atoms with E-state index in [-0.39, 0.29) is 46.1 Å². The zero-order valence-electron chi connectivity index (χ0n) is 16.1. The van der Waals surface area contributed by atoms with Crippen LogP contribution in [-0.2, 0) is 14.6 Å². The van der Waals surface area contributed by atoms with Crippen LogP contribution in [0.1, 0.15) is 32.3 Å². The number of benzene rings is 1. The summed E-state index contributed by atoms with van der Waals surface area (Å²) in [5.41, 5.74) is 0. The third-order valence-electron chi connectivity index (χ3n) is 4.54. The van der Waals surface area contributed by atoms with Crippen molar-refractivity contribution in [2.75, 3.05) is 23.8 Å². The molecule has 158 valence electrons. The number of hydrogen-bond donors (Lipinski definition) is 0. The van der Waals surface area contributed by atoms with Crippen molar-refractivity contribution in [1.82, 2.24) is 15.1 Å². The number of halogens is 1. The first-order valence-electron chi connectivity index (χ1n) is 9.16. The van der Waals surface area contributed by atoms with Crippen molar-refractivity contribution >= 4 is 27.5 Å². The Hall–Kier alpha value is -2.14. The van der Waals surface area contributed by atoms with E-state index < -0.39 is 21.8 Å². The Kier molecular flexibility index (Phi) is 6.78. The van der Waals surface area contributed by atoms with Gasteiger partial charge in [-0.1, -0.05) is 23.9 Å². The fraction of sp³-hybridized carbons (Fsp3) is 0.500. The molecule has 0 aliphatic carbocycles. The second-order valence-electron chi connectivity index (χ2n) is 6.62. The van der Waals surface area contributed by atoms with E-state index >= 15 is 0 Å². The molecule has 2 atom stereocenters. The molecule has 29 heavy (non-hydrogen) atoms. The monoisotopic (exact) mass is 443 g/mol. The standard InChI is InChI=1S/C18H22FN3O5S2/c1-3-22(13-8-9-29(24,25)11-13)16(23)10-28-18-21-20-17(27-18)12(2)26-15-7-5-4-6-14(15)19/h4-7,12-13H,3,8-11H2,1-2H3. The van der Waals surface area contributed by atoms with Gasteiger partial charge in [-0.25, -0.2) is 12.8 Å². The number of para-hydroxylation sites is 1. The molecule has 1 aliphatic rings. The van der Waals surface area contributed by atoms with Crippen LogP contribution in [0, 0.1) is 5.82 Å². The molecule has 2 unspecified atom stereocenters. The maximum Gasteiger partial charge on any atom is 0.277 e. The van der Waals surface area contributed by atoms with Gasteiger partial charge in [-0.05, 0) is 32.4 Å². The Labute approximate surface area is 172 Å². The Morgan fingerprint density at radius 3 is 2.83 bits per heavy atom. The van der Waals surface area contributed by atoms with E-state index in [9.17, 15) is 17.6 Å². The average Bonchev–Trinajstić information content (AvgIpc) is 3.29. The van der Waals surface area contributed by atoms with Gasteiger partial charge in [0.25, 0.3) is 11.1 Å². The van der Waals surface area contributed by atoms with Gasteiger partial charge >= 0.3 is 0 Å². The van der Waals surface area contributed by atoms with Crippen molar-refractivity contribution < 1.29 is 26.8 Å². The number of carbonyl (C=O) groups is 1. The second-order valence-corrected chi connectivity index (χ2v) is 9.78. The Morgan fingerprint density at radius 1 is 1.41 bits per heavy atom. The van der Waals surface area contributed by atoms with Gasteiger partial charge in [0, 0.05) is 12.6 Å². The molecule has 0 bridgehead atoms. The van der Waals surface area contributed by atoms with Crippen molar-refractivity contribution in [3.8, 4) is 5.75 Å². The molecule has 2 aromatic rings. The van der Waals surface area contributed by atoms with Gasteiger partial charge in [0.2, 0.25) is 5.91 Å². The number of carbonyl (C=O) groups excluding carboxylic acids is 1. The van der Waals surface area contributed by atoms with Gasteiger partial charge < -0.3 is 14.1 Å². The van der Waals surface area contributed by atoms with E-state index in [1.165, 1.54) is 12.1 Å². The molecule has 3 rings (SSSR count). The zero-order chi connectivity index (χ0) is 21.0. The number of amides is 1. The fourth-order valence-corrected chi connectivity index (χ4v) is 5.48. The van der Waals surface area contributed by atoms with E-state index in [0.29, 0.717) is 13.0 Å². The van der Waals surface area contributed by atoms with Crippen LogP contribution in [0.3, 0.4) is 0 Å². The van der Waals surface area contributed by atoms with Crippen LogP contribution in [0.5, 0.6) is 5.75 Å². The second kappa shape index (κ2) is 9.12. The largest absolute Gasteiger partial charge is 0.478 e. The summed E-state index contributed by atoms with van der Waals surface area (Å²) in [7, 11) is -3.07. The average molecular weight is 444 g/mol. The third-order valence-corrected chi connectivity index (χ3v) is 7.09. The lowest BCUT2D eigenvalue weighted by Gasteiger charge is -2.26. The van der Waals surface area contributed by atoms with Gasteiger partial charge in [-0.2, -0.15) is 0 Å². The summed E-state index contributed by atoms with van der Waals surface area (Å²) in [6.45, 7) is 3.90. The summed E-state index contributed by atoms with van der Waals surface area (Å²) >= 11 is 1.07. The quantitative estimate of drug-likeness (QED) is 0.574. The topological polar surface area (TPSA) is 103 Å². The van der Waals surface area contributed by atoms with Crippen molar-refractivity contribution in [2.45, 2.75) is 37.6 Å². The van der Waals surface area contributed by atoms with E-state index in [4.69, 9.17) is 9.15 Å². The van der Waals surface area contributed by atoms with Crippen LogP contribution < -0.4 is 4.74 Å². The number of rotatable bonds is 8. The number of nitrogens with zero attached hydrogens (tertiary/aromatic N) is 3. The highest BCUT2D eigenvalue weighted by molar-refractivity contribution is 7.99. The van der Waals surface area contributed by atoms with Crippen LogP contribution in [0.25, 0.3) is 0 Å². The van der Waals surface area contributed by atoms with Gasteiger partial charge in [-0.15, -0.1) is 10.2 Å². The summed E-state index contributed by atoms with van der Waals surface area (Å²) in [6.07, 6.45) is -0.206. The van der Waals surface area contributed by atoms with Gasteiger partial charge in [-0.3, -0.25) is 4.79 Å². The summed E-state index contributed by atoms with van der Waals surface area (Å²) < 4.78 is 48.0. The smallest absolute Gasteiger partial charge is 0.277 e. The van der Waals surface area contributed by atoms with E-state index in [0.717, 1.165) is 11.8 Å². The third kappa shape index (κ3) is 5.47. The van der Waals surface area contributed by atoms with Crippen molar-refractivity contribution in [3.63, 3.8) is 0 Å². The highest BCUT2D eigenvalue weighted by Crippen LogP contribution is 2.26. The number of ether oxygens (including phenoxy) is 1. The van der Waals surface area contributed by atoms with Gasteiger partial charge in [0.15, 0.2) is 27.5 Å². The summed E-state index contributed by atoms with van der Waals surface area (Å²) in [5.74, 6) is -0.268. The predicted octanol–water partition coefficient (Wildman–Crippen LogP) is 2.48. The van der Waals surface area contributed by atoms with Crippen LogP contribution in [0.2, 0.25) is 0 Å². The summed E-state index contributed by atoms with van der Waals surface area (Å²) in [6, 6.07) is 5.72. The first kappa shape index (κ1) is 21.6. The van der Waals surface area contributed by atoms with Crippen molar-refractivity contribution in [3.05, 3.63) is 36.0 Å². The highest BCUT2D eigenvalue weighted by Gasteiger charge is 2.34. The van der Waals surface area contributed by atoms with Crippen LogP contribution in [0.4, 0.5) is 4.39 Å². The van der Waals surface area contributed by atoms with Crippen LogP contribution in [0.15, 0.2) is 33.9 Å². The minimum absolute atomic E-state index is 0.00680. The van der Waals surface area contributed by atoms with Gasteiger partial charge in [0.1, 0.15) is 0 Å². The molecule has 0 saturated carbocycles. The Bertz CT molecular complexity index is 966. The molecule has 11 heteroatoms. The van der Waals surface area contributed by atoms with E-state index in [1.807, 2.05) is 6.92 Å². The molecule has 1 aromatic heterocycles. The first-order chi connectivity index (χ1) is 13.8. The molecule has 0 N–H and O–H groups in total. The molecule has 0 spiro atoms. The zero-order valence-corrected chi connectivity index (χ0v) is 17.7. The normalized spacial score (nSPS) is 19.1. The van der Waals surface area contributed by atoms with Crippen molar-refractivity contribution in [1.29, 1.82) is 0 Å². The summed E-state index contributed by atoms with van der Waals surface area (Å²) in [4.78, 5) is 14.1. The number of aromatic nitrogens is 2. The molecular weight excluding hydrogens is 421 g/mol. The molecular formula is C18H22FN3O5S2. The minimum Gasteiger partial charge on any atom is -0.478 e. The lowest BCUT2D eigenvalue weighted by Crippen LogP contribution is -2.41. The molecule has 1 fully saturated rings. The molecule has 1 aliphatic heterocycles. The molecule has 8 nitrogen and oxygen atoms in total. The summed E-state index contributed by atoms with van der Waals surface area (Å²) in [5, 5.41) is 7.96. The Morgan fingerprint density at radius 2 is 2.17 bits per heavy atom. The Balaban J connectivity index is 1.55. The molecule has 0 radical (unpaired) electrons. The van der Waals surface area contributed by atoms with Crippen LogP contribution >= 0.6 is 11.8 Å². The maximum absolute atomic E-state index is 13.7. The first-order valence-corrected chi connectivity index (χ1v) is 12.0. The van der Waals surface area contributed by atoms with E-state index in [1.54, 1.807) is 24.0 Å². The molecule has 1 saturated heterocycles. The maximum atomic E-state index is 13.7.